The van der Waals surface area contributed by atoms with Gasteiger partial charge in [0.1, 0.15) is 0 Å². The van der Waals surface area contributed by atoms with Gasteiger partial charge < -0.3 is 5.32 Å². The van der Waals surface area contributed by atoms with Crippen LogP contribution in [0.25, 0.3) is 0 Å². The molecule has 0 aliphatic carbocycles. The Hall–Kier alpha value is -1.27. The molecule has 0 aromatic carbocycles. The zero-order valence-corrected chi connectivity index (χ0v) is 9.91. The van der Waals surface area contributed by atoms with Gasteiger partial charge in [-0.2, -0.15) is 23.3 Å². The zero-order valence-electron chi connectivity index (χ0n) is 9.91. The largest absolute Gasteiger partial charge is 0.411 e. The Labute approximate surface area is 97.2 Å². The van der Waals surface area contributed by atoms with E-state index in [0.717, 1.165) is 4.68 Å². The number of rotatable bonds is 1. The minimum Gasteiger partial charge on any atom is -0.352 e. The molecule has 17 heavy (non-hydrogen) atoms. The van der Waals surface area contributed by atoms with Crippen LogP contribution in [0, 0.1) is 0 Å². The quantitative estimate of drug-likeness (QED) is 0.831. The second-order valence-corrected chi connectivity index (χ2v) is 4.73. The van der Waals surface area contributed by atoms with Gasteiger partial charge in [0.15, 0.2) is 11.9 Å². The molecule has 2 unspecified atom stereocenters. The number of aromatic nitrogens is 3. The van der Waals surface area contributed by atoms with Crippen LogP contribution < -0.4 is 5.32 Å². The lowest BCUT2D eigenvalue weighted by molar-refractivity contribution is -0.173. The van der Waals surface area contributed by atoms with Crippen LogP contribution in [0.4, 0.5) is 19.1 Å². The van der Waals surface area contributed by atoms with Crippen LogP contribution in [-0.4, -0.2) is 27.0 Å². The lowest BCUT2D eigenvalue weighted by atomic mass is 10.1. The summed E-state index contributed by atoms with van der Waals surface area (Å²) in [5.74, 6) is 0.671. The highest BCUT2D eigenvalue weighted by Crippen LogP contribution is 2.38. The van der Waals surface area contributed by atoms with Gasteiger partial charge in [0, 0.05) is 12.0 Å². The van der Waals surface area contributed by atoms with Crippen molar-refractivity contribution in [2.75, 3.05) is 5.32 Å². The van der Waals surface area contributed by atoms with E-state index in [2.05, 4.69) is 15.4 Å². The number of hydrogen-bond acceptors (Lipinski definition) is 3. The van der Waals surface area contributed by atoms with E-state index in [1.165, 1.54) is 0 Å². The molecule has 1 aromatic rings. The number of hydrogen-bond donors (Lipinski definition) is 1. The van der Waals surface area contributed by atoms with Crippen molar-refractivity contribution in [1.82, 2.24) is 14.8 Å². The number of alkyl halides is 3. The zero-order chi connectivity index (χ0) is 12.8. The molecule has 1 aromatic heterocycles. The van der Waals surface area contributed by atoms with Crippen LogP contribution >= 0.6 is 0 Å². The average molecular weight is 248 g/mol. The first kappa shape index (κ1) is 12.2. The topological polar surface area (TPSA) is 42.7 Å². The Kier molecular flexibility index (Phi) is 2.79. The monoisotopic (exact) mass is 248 g/mol. The van der Waals surface area contributed by atoms with E-state index >= 15 is 0 Å². The van der Waals surface area contributed by atoms with Crippen molar-refractivity contribution in [3.05, 3.63) is 5.82 Å². The molecule has 4 nitrogen and oxygen atoms in total. The highest BCUT2D eigenvalue weighted by atomic mass is 19.4. The molecule has 0 spiro atoms. The van der Waals surface area contributed by atoms with E-state index in [9.17, 15) is 13.2 Å². The summed E-state index contributed by atoms with van der Waals surface area (Å²) < 4.78 is 39.6. The van der Waals surface area contributed by atoms with Crippen LogP contribution in [0.2, 0.25) is 0 Å². The summed E-state index contributed by atoms with van der Waals surface area (Å²) in [5.41, 5.74) is 0. The van der Waals surface area contributed by atoms with Crippen molar-refractivity contribution in [2.24, 2.45) is 0 Å². The molecule has 1 aliphatic heterocycles. The van der Waals surface area contributed by atoms with Crippen LogP contribution in [0.5, 0.6) is 0 Å². The first-order valence-corrected chi connectivity index (χ1v) is 5.58. The van der Waals surface area contributed by atoms with Crippen molar-refractivity contribution >= 4 is 5.95 Å². The summed E-state index contributed by atoms with van der Waals surface area (Å²) in [5, 5.41) is 6.88. The summed E-state index contributed by atoms with van der Waals surface area (Å²) in [6.07, 6.45) is -4.30. The number of nitrogens with zero attached hydrogens (tertiary/aromatic N) is 3. The van der Waals surface area contributed by atoms with Gasteiger partial charge in [-0.15, -0.1) is 0 Å². The summed E-state index contributed by atoms with van der Waals surface area (Å²) in [4.78, 5) is 4.11. The van der Waals surface area contributed by atoms with Crippen LogP contribution in [0.3, 0.4) is 0 Å². The average Bonchev–Trinajstić information content (AvgIpc) is 2.58. The molecule has 1 N–H and O–H groups in total. The van der Waals surface area contributed by atoms with Gasteiger partial charge >= 0.3 is 6.18 Å². The van der Waals surface area contributed by atoms with E-state index < -0.39 is 12.2 Å². The normalized spacial score (nSPS) is 24.6. The third kappa shape index (κ3) is 2.23. The second kappa shape index (κ2) is 3.89. The Morgan fingerprint density at radius 1 is 1.41 bits per heavy atom. The van der Waals surface area contributed by atoms with Crippen molar-refractivity contribution in [2.45, 2.75) is 51.4 Å². The fourth-order valence-electron chi connectivity index (χ4n) is 1.89. The van der Waals surface area contributed by atoms with Gasteiger partial charge in [-0.1, -0.05) is 13.8 Å². The van der Waals surface area contributed by atoms with Crippen LogP contribution in [0.15, 0.2) is 0 Å². The Bertz CT molecular complexity index is 410. The smallest absolute Gasteiger partial charge is 0.352 e. The van der Waals surface area contributed by atoms with Crippen LogP contribution in [0.1, 0.15) is 45.0 Å². The fraction of sp³-hybridized carbons (Fsp3) is 0.800. The molecule has 96 valence electrons. The standard InChI is InChI=1S/C10H15F3N4/c1-5(2)8-15-9-14-6(3)4-7(10(11,12)13)17(9)16-8/h5-7H,4H2,1-3H3,(H,14,15,16). The SMILES string of the molecule is CC1CC(C(F)(F)F)n2nc(C(C)C)nc2N1. The number of anilines is 1. The predicted octanol–water partition coefficient (Wildman–Crippen LogP) is 2.71. The van der Waals surface area contributed by atoms with Gasteiger partial charge in [0.2, 0.25) is 5.95 Å². The van der Waals surface area contributed by atoms with Crippen molar-refractivity contribution in [3.63, 3.8) is 0 Å². The maximum absolute atomic E-state index is 12.9. The molecule has 0 saturated carbocycles. The Morgan fingerprint density at radius 3 is 2.59 bits per heavy atom. The minimum atomic E-state index is -4.28. The van der Waals surface area contributed by atoms with Gasteiger partial charge in [0.25, 0.3) is 0 Å². The van der Waals surface area contributed by atoms with Crippen molar-refractivity contribution in [1.29, 1.82) is 0 Å². The molecule has 2 rings (SSSR count). The third-order valence-corrected chi connectivity index (χ3v) is 2.79. The molecule has 0 saturated heterocycles. The number of nitrogens with one attached hydrogen (secondary N) is 1. The lowest BCUT2D eigenvalue weighted by Crippen LogP contribution is -2.38. The minimum absolute atomic E-state index is 0.0130. The van der Waals surface area contributed by atoms with E-state index in [4.69, 9.17) is 0 Å². The van der Waals surface area contributed by atoms with E-state index in [-0.39, 0.29) is 24.3 Å². The van der Waals surface area contributed by atoms with Gasteiger partial charge in [-0.25, -0.2) is 4.68 Å². The van der Waals surface area contributed by atoms with E-state index in [1.54, 1.807) is 6.92 Å². The lowest BCUT2D eigenvalue weighted by Gasteiger charge is -2.30. The number of fused-ring (bicyclic) bond motifs is 1. The summed E-state index contributed by atoms with van der Waals surface area (Å²) >= 11 is 0. The van der Waals surface area contributed by atoms with Gasteiger partial charge in [0.05, 0.1) is 0 Å². The number of halogens is 3. The maximum Gasteiger partial charge on any atom is 0.411 e. The van der Waals surface area contributed by atoms with E-state index in [0.29, 0.717) is 5.82 Å². The fourth-order valence-corrected chi connectivity index (χ4v) is 1.89. The van der Waals surface area contributed by atoms with Crippen molar-refractivity contribution in [3.8, 4) is 0 Å². The molecule has 0 amide bonds. The Balaban J connectivity index is 2.42. The molecule has 2 heterocycles. The Morgan fingerprint density at radius 2 is 2.06 bits per heavy atom. The highest BCUT2D eigenvalue weighted by Gasteiger charge is 2.46. The molecule has 0 radical (unpaired) electrons. The van der Waals surface area contributed by atoms with E-state index in [1.807, 2.05) is 13.8 Å². The van der Waals surface area contributed by atoms with Crippen molar-refractivity contribution < 1.29 is 13.2 Å². The molecule has 1 aliphatic rings. The molecule has 0 fully saturated rings. The first-order valence-electron chi connectivity index (χ1n) is 5.58. The summed E-state index contributed by atoms with van der Waals surface area (Å²) in [7, 11) is 0. The first-order chi connectivity index (χ1) is 7.79. The highest BCUT2D eigenvalue weighted by molar-refractivity contribution is 5.31. The molecular formula is C10H15F3N4. The molecule has 0 bridgehead atoms. The predicted molar refractivity (Wildman–Crippen MR) is 56.9 cm³/mol. The van der Waals surface area contributed by atoms with Gasteiger partial charge in [-0.3, -0.25) is 0 Å². The van der Waals surface area contributed by atoms with Crippen LogP contribution in [-0.2, 0) is 0 Å². The second-order valence-electron chi connectivity index (χ2n) is 4.73. The van der Waals surface area contributed by atoms with Gasteiger partial charge in [-0.05, 0) is 13.3 Å². The molecule has 7 heteroatoms. The third-order valence-electron chi connectivity index (χ3n) is 2.79. The molecule has 2 atom stereocenters. The summed E-state index contributed by atoms with van der Waals surface area (Å²) in [6.45, 7) is 5.42. The maximum atomic E-state index is 12.9. The molecular weight excluding hydrogens is 233 g/mol. The summed E-state index contributed by atoms with van der Waals surface area (Å²) in [6, 6.07) is -1.83.